The third kappa shape index (κ3) is 4.56. The molecule has 0 spiro atoms. The number of amides is 1. The van der Waals surface area contributed by atoms with Gasteiger partial charge in [-0.3, -0.25) is 4.79 Å². The van der Waals surface area contributed by atoms with Crippen LogP contribution in [-0.2, 0) is 4.79 Å². The van der Waals surface area contributed by atoms with Crippen LogP contribution < -0.4 is 10.6 Å². The molecule has 0 aliphatic rings. The van der Waals surface area contributed by atoms with Gasteiger partial charge in [0, 0.05) is 17.1 Å². The molecule has 1 heterocycles. The Morgan fingerprint density at radius 2 is 1.85 bits per heavy atom. The molecule has 0 fully saturated rings. The minimum Gasteiger partial charge on any atom is -0.309 e. The van der Waals surface area contributed by atoms with Gasteiger partial charge in [0.2, 0.25) is 5.91 Å². The number of para-hydroxylation sites is 1. The van der Waals surface area contributed by atoms with Crippen molar-refractivity contribution in [1.29, 1.82) is 0 Å². The third-order valence-corrected chi connectivity index (χ3v) is 4.73. The molecule has 5 nitrogen and oxygen atoms in total. The van der Waals surface area contributed by atoms with Crippen molar-refractivity contribution in [1.82, 2.24) is 15.1 Å². The maximum absolute atomic E-state index is 12.5. The first-order valence-corrected chi connectivity index (χ1v) is 9.24. The number of aryl methyl sites for hydroxylation is 2. The lowest BCUT2D eigenvalue weighted by Crippen LogP contribution is -2.30. The predicted octanol–water partition coefficient (Wildman–Crippen LogP) is 4.43. The lowest BCUT2D eigenvalue weighted by atomic mass is 10.1. The maximum Gasteiger partial charge on any atom is 0.239 e. The lowest BCUT2D eigenvalue weighted by Gasteiger charge is -2.16. The van der Waals surface area contributed by atoms with Gasteiger partial charge >= 0.3 is 0 Å². The van der Waals surface area contributed by atoms with E-state index in [1.54, 1.807) is 4.68 Å². The number of anilines is 1. The Balaban J connectivity index is 1.69. The van der Waals surface area contributed by atoms with Crippen molar-refractivity contribution in [2.75, 3.05) is 11.9 Å². The summed E-state index contributed by atoms with van der Waals surface area (Å²) in [5.41, 5.74) is 3.83. The summed E-state index contributed by atoms with van der Waals surface area (Å²) in [6.45, 7) is 6.08. The van der Waals surface area contributed by atoms with E-state index in [2.05, 4.69) is 15.7 Å². The number of hydrogen-bond acceptors (Lipinski definition) is 3. The van der Waals surface area contributed by atoms with Crippen LogP contribution >= 0.6 is 11.6 Å². The first-order valence-electron chi connectivity index (χ1n) is 8.86. The Labute approximate surface area is 164 Å². The van der Waals surface area contributed by atoms with E-state index in [0.717, 1.165) is 22.5 Å². The molecular formula is C21H23ClN4O. The van der Waals surface area contributed by atoms with Gasteiger partial charge in [-0.2, -0.15) is 5.10 Å². The van der Waals surface area contributed by atoms with Gasteiger partial charge in [-0.15, -0.1) is 0 Å². The van der Waals surface area contributed by atoms with Gasteiger partial charge in [0.15, 0.2) is 0 Å². The van der Waals surface area contributed by atoms with E-state index < -0.39 is 0 Å². The highest BCUT2D eigenvalue weighted by Gasteiger charge is 2.14. The molecule has 1 atom stereocenters. The SMILES string of the molecule is Cc1cc(NC(=O)CNC(C)c2ccccc2Cl)n(-c2ccccc2C)n1. The number of carbonyl (C=O) groups excluding carboxylic acids is 1. The van der Waals surface area contributed by atoms with Crippen LogP contribution in [0.15, 0.2) is 54.6 Å². The number of carbonyl (C=O) groups is 1. The molecule has 0 radical (unpaired) electrons. The molecule has 0 saturated carbocycles. The first-order chi connectivity index (χ1) is 13.0. The Kier molecular flexibility index (Phi) is 5.94. The van der Waals surface area contributed by atoms with Crippen LogP contribution in [0.4, 0.5) is 5.82 Å². The summed E-state index contributed by atoms with van der Waals surface area (Å²) >= 11 is 6.22. The van der Waals surface area contributed by atoms with Gasteiger partial charge in [0.25, 0.3) is 0 Å². The number of halogens is 1. The number of rotatable bonds is 6. The summed E-state index contributed by atoms with van der Waals surface area (Å²) in [6.07, 6.45) is 0. The van der Waals surface area contributed by atoms with Crippen molar-refractivity contribution >= 4 is 23.3 Å². The summed E-state index contributed by atoms with van der Waals surface area (Å²) < 4.78 is 1.76. The Bertz CT molecular complexity index is 951. The highest BCUT2D eigenvalue weighted by atomic mass is 35.5. The molecule has 1 aromatic heterocycles. The second kappa shape index (κ2) is 8.37. The van der Waals surface area contributed by atoms with Gasteiger partial charge in [-0.25, -0.2) is 4.68 Å². The van der Waals surface area contributed by atoms with Gasteiger partial charge in [-0.1, -0.05) is 48.0 Å². The molecule has 27 heavy (non-hydrogen) atoms. The Morgan fingerprint density at radius 1 is 1.15 bits per heavy atom. The average Bonchev–Trinajstić information content (AvgIpc) is 3.00. The highest BCUT2D eigenvalue weighted by Crippen LogP contribution is 2.22. The minimum absolute atomic E-state index is 0.0348. The number of aromatic nitrogens is 2. The van der Waals surface area contributed by atoms with Gasteiger partial charge in [0.05, 0.1) is 17.9 Å². The zero-order valence-electron chi connectivity index (χ0n) is 15.7. The van der Waals surface area contributed by atoms with E-state index >= 15 is 0 Å². The second-order valence-electron chi connectivity index (χ2n) is 6.54. The van der Waals surface area contributed by atoms with Crippen molar-refractivity contribution in [2.24, 2.45) is 0 Å². The summed E-state index contributed by atoms with van der Waals surface area (Å²) in [5.74, 6) is 0.516. The zero-order chi connectivity index (χ0) is 19.4. The van der Waals surface area contributed by atoms with Gasteiger partial charge < -0.3 is 10.6 Å². The smallest absolute Gasteiger partial charge is 0.239 e. The van der Waals surface area contributed by atoms with Crippen molar-refractivity contribution in [3.8, 4) is 5.69 Å². The fraction of sp³-hybridized carbons (Fsp3) is 0.238. The topological polar surface area (TPSA) is 59.0 Å². The molecule has 0 aliphatic carbocycles. The van der Waals surface area contributed by atoms with Crippen LogP contribution in [0.2, 0.25) is 5.02 Å². The van der Waals surface area contributed by atoms with E-state index in [-0.39, 0.29) is 18.5 Å². The fourth-order valence-corrected chi connectivity index (χ4v) is 3.24. The van der Waals surface area contributed by atoms with Crippen LogP contribution in [0.5, 0.6) is 0 Å². The second-order valence-corrected chi connectivity index (χ2v) is 6.95. The Hall–Kier alpha value is -2.63. The molecule has 2 N–H and O–H groups in total. The molecule has 2 aromatic carbocycles. The molecule has 1 unspecified atom stereocenters. The molecule has 1 amide bonds. The third-order valence-electron chi connectivity index (χ3n) is 4.38. The van der Waals surface area contributed by atoms with Crippen molar-refractivity contribution in [3.63, 3.8) is 0 Å². The normalized spacial score (nSPS) is 12.0. The van der Waals surface area contributed by atoms with E-state index in [1.165, 1.54) is 0 Å². The van der Waals surface area contributed by atoms with E-state index in [4.69, 9.17) is 11.6 Å². The van der Waals surface area contributed by atoms with Crippen molar-refractivity contribution < 1.29 is 4.79 Å². The molecule has 140 valence electrons. The number of hydrogen-bond donors (Lipinski definition) is 2. The molecule has 0 aliphatic heterocycles. The monoisotopic (exact) mass is 382 g/mol. The van der Waals surface area contributed by atoms with E-state index in [1.807, 2.05) is 75.4 Å². The van der Waals surface area contributed by atoms with Crippen LogP contribution in [0.3, 0.4) is 0 Å². The molecule has 0 bridgehead atoms. The number of nitrogens with one attached hydrogen (secondary N) is 2. The van der Waals surface area contributed by atoms with E-state index in [0.29, 0.717) is 10.8 Å². The molecule has 0 saturated heterocycles. The maximum atomic E-state index is 12.5. The van der Waals surface area contributed by atoms with Crippen LogP contribution in [0.1, 0.15) is 29.8 Å². The summed E-state index contributed by atoms with van der Waals surface area (Å²) in [4.78, 5) is 12.5. The van der Waals surface area contributed by atoms with Crippen molar-refractivity contribution in [2.45, 2.75) is 26.8 Å². The van der Waals surface area contributed by atoms with Crippen LogP contribution in [0, 0.1) is 13.8 Å². The predicted molar refractivity (Wildman–Crippen MR) is 110 cm³/mol. The van der Waals surface area contributed by atoms with E-state index in [9.17, 15) is 4.79 Å². The quantitative estimate of drug-likeness (QED) is 0.663. The summed E-state index contributed by atoms with van der Waals surface area (Å²) in [5, 5.41) is 11.4. The number of benzene rings is 2. The fourth-order valence-electron chi connectivity index (χ4n) is 2.94. The summed E-state index contributed by atoms with van der Waals surface area (Å²) in [6, 6.07) is 17.4. The largest absolute Gasteiger partial charge is 0.309 e. The zero-order valence-corrected chi connectivity index (χ0v) is 16.4. The Morgan fingerprint density at radius 3 is 2.59 bits per heavy atom. The minimum atomic E-state index is -0.136. The van der Waals surface area contributed by atoms with Gasteiger partial charge in [0.1, 0.15) is 5.82 Å². The molecular weight excluding hydrogens is 360 g/mol. The molecule has 3 rings (SSSR count). The van der Waals surface area contributed by atoms with Crippen molar-refractivity contribution in [3.05, 3.63) is 76.4 Å². The summed E-state index contributed by atoms with van der Waals surface area (Å²) in [7, 11) is 0. The molecule has 3 aromatic rings. The van der Waals surface area contributed by atoms with Crippen LogP contribution in [-0.4, -0.2) is 22.2 Å². The van der Waals surface area contributed by atoms with Gasteiger partial charge in [-0.05, 0) is 44.0 Å². The first kappa shape index (κ1) is 19.1. The molecule has 6 heteroatoms. The standard InChI is InChI=1S/C21H23ClN4O/c1-14-8-4-7-11-19(14)26-20(12-15(2)25-26)24-21(27)13-23-16(3)17-9-5-6-10-18(17)22/h4-12,16,23H,13H2,1-3H3,(H,24,27). The van der Waals surface area contributed by atoms with Crippen LogP contribution in [0.25, 0.3) is 5.69 Å². The highest BCUT2D eigenvalue weighted by molar-refractivity contribution is 6.31. The number of nitrogens with zero attached hydrogens (tertiary/aromatic N) is 2. The lowest BCUT2D eigenvalue weighted by molar-refractivity contribution is -0.115. The average molecular weight is 383 g/mol.